The molecule has 0 unspecified atom stereocenters. The number of carbonyl (C=O) groups excluding carboxylic acids is 1. The minimum Gasteiger partial charge on any atom is -0.320 e. The molecule has 0 saturated carbocycles. The summed E-state index contributed by atoms with van der Waals surface area (Å²) in [6.07, 6.45) is 0. The quantitative estimate of drug-likeness (QED) is 0.777. The van der Waals surface area contributed by atoms with Crippen molar-refractivity contribution in [2.75, 3.05) is 5.32 Å². The van der Waals surface area contributed by atoms with Crippen molar-refractivity contribution in [3.63, 3.8) is 0 Å². The number of halogens is 2. The van der Waals surface area contributed by atoms with Crippen LogP contribution in [-0.4, -0.2) is 10.9 Å². The molecule has 0 aliphatic carbocycles. The average Bonchev–Trinajstić information content (AvgIpc) is 2.32. The van der Waals surface area contributed by atoms with Crippen LogP contribution in [0.2, 0.25) is 0 Å². The van der Waals surface area contributed by atoms with E-state index in [0.717, 1.165) is 20.3 Å². The second kappa shape index (κ2) is 5.84. The van der Waals surface area contributed by atoms with Gasteiger partial charge in [0.1, 0.15) is 4.60 Å². The lowest BCUT2D eigenvalue weighted by atomic mass is 10.1. The first kappa shape index (κ1) is 14.2. The van der Waals surface area contributed by atoms with Gasteiger partial charge >= 0.3 is 0 Å². The highest BCUT2D eigenvalue weighted by Gasteiger charge is 2.11. The highest BCUT2D eigenvalue weighted by molar-refractivity contribution is 9.10. The molecule has 5 heteroatoms. The number of aryl methyl sites for hydroxylation is 2. The molecule has 1 aromatic carbocycles. The summed E-state index contributed by atoms with van der Waals surface area (Å²) in [6, 6.07) is 9.25. The first-order chi connectivity index (χ1) is 8.97. The van der Waals surface area contributed by atoms with Gasteiger partial charge in [-0.25, -0.2) is 4.98 Å². The van der Waals surface area contributed by atoms with Crippen molar-refractivity contribution in [1.82, 2.24) is 4.98 Å². The largest absolute Gasteiger partial charge is 0.320 e. The van der Waals surface area contributed by atoms with Gasteiger partial charge in [0.15, 0.2) is 0 Å². The van der Waals surface area contributed by atoms with Gasteiger partial charge in [0.05, 0.1) is 16.9 Å². The molecular formula is C14H12Br2N2O. The Morgan fingerprint density at radius 2 is 1.89 bits per heavy atom. The highest BCUT2D eigenvalue weighted by Crippen LogP contribution is 2.21. The molecule has 0 aliphatic heterocycles. The lowest BCUT2D eigenvalue weighted by Gasteiger charge is -2.09. The number of nitrogens with one attached hydrogen (secondary N) is 1. The number of anilines is 1. The molecule has 0 atom stereocenters. The van der Waals surface area contributed by atoms with E-state index in [1.54, 1.807) is 12.1 Å². The maximum Gasteiger partial charge on any atom is 0.256 e. The van der Waals surface area contributed by atoms with E-state index in [1.165, 1.54) is 0 Å². The van der Waals surface area contributed by atoms with Crippen LogP contribution in [-0.2, 0) is 0 Å². The second-order valence-corrected chi connectivity index (χ2v) is 5.87. The van der Waals surface area contributed by atoms with Crippen LogP contribution < -0.4 is 5.32 Å². The zero-order chi connectivity index (χ0) is 14.0. The van der Waals surface area contributed by atoms with E-state index in [0.29, 0.717) is 11.3 Å². The Balaban J connectivity index is 2.25. The van der Waals surface area contributed by atoms with E-state index in [2.05, 4.69) is 42.2 Å². The van der Waals surface area contributed by atoms with Crippen LogP contribution in [0.25, 0.3) is 0 Å². The number of hydrogen-bond donors (Lipinski definition) is 1. The fourth-order valence-electron chi connectivity index (χ4n) is 1.66. The number of carbonyl (C=O) groups is 1. The summed E-state index contributed by atoms with van der Waals surface area (Å²) in [5, 5.41) is 2.86. The molecule has 1 aromatic heterocycles. The summed E-state index contributed by atoms with van der Waals surface area (Å²) in [4.78, 5) is 16.4. The second-order valence-electron chi connectivity index (χ2n) is 4.20. The monoisotopic (exact) mass is 382 g/mol. The first-order valence-electron chi connectivity index (χ1n) is 5.68. The van der Waals surface area contributed by atoms with Gasteiger partial charge in [0, 0.05) is 4.47 Å². The molecule has 0 spiro atoms. The van der Waals surface area contributed by atoms with Gasteiger partial charge in [0.2, 0.25) is 0 Å². The van der Waals surface area contributed by atoms with Crippen molar-refractivity contribution in [3.05, 3.63) is 56.2 Å². The third-order valence-electron chi connectivity index (χ3n) is 2.67. The Morgan fingerprint density at radius 1 is 1.16 bits per heavy atom. The van der Waals surface area contributed by atoms with Crippen LogP contribution in [0.4, 0.5) is 5.69 Å². The molecule has 1 amide bonds. The summed E-state index contributed by atoms with van der Waals surface area (Å²) >= 11 is 6.70. The summed E-state index contributed by atoms with van der Waals surface area (Å²) in [5.74, 6) is -0.154. The Kier molecular flexibility index (Phi) is 4.37. The van der Waals surface area contributed by atoms with Crippen LogP contribution >= 0.6 is 31.9 Å². The molecule has 98 valence electrons. The molecule has 0 radical (unpaired) electrons. The Labute approximate surface area is 128 Å². The zero-order valence-corrected chi connectivity index (χ0v) is 13.7. The number of nitrogens with zero attached hydrogens (tertiary/aromatic N) is 1. The average molecular weight is 384 g/mol. The maximum absolute atomic E-state index is 12.2. The van der Waals surface area contributed by atoms with Gasteiger partial charge in [-0.05, 0) is 75.5 Å². The Bertz CT molecular complexity index is 641. The third-order valence-corrected chi connectivity index (χ3v) is 3.77. The van der Waals surface area contributed by atoms with E-state index in [9.17, 15) is 4.79 Å². The van der Waals surface area contributed by atoms with Crippen molar-refractivity contribution in [3.8, 4) is 0 Å². The van der Waals surface area contributed by atoms with Crippen LogP contribution in [0, 0.1) is 13.8 Å². The molecule has 3 nitrogen and oxygen atoms in total. The molecule has 2 rings (SSSR count). The molecule has 19 heavy (non-hydrogen) atoms. The normalized spacial score (nSPS) is 10.3. The topological polar surface area (TPSA) is 42.0 Å². The summed E-state index contributed by atoms with van der Waals surface area (Å²) in [6.45, 7) is 3.83. The predicted octanol–water partition coefficient (Wildman–Crippen LogP) is 4.48. The number of amides is 1. The summed E-state index contributed by atoms with van der Waals surface area (Å²) in [5.41, 5.74) is 3.18. The van der Waals surface area contributed by atoms with Gasteiger partial charge in [-0.15, -0.1) is 0 Å². The predicted molar refractivity (Wildman–Crippen MR) is 83.5 cm³/mol. The fraction of sp³-hybridized carbons (Fsp3) is 0.143. The number of benzene rings is 1. The minimum absolute atomic E-state index is 0.154. The van der Waals surface area contributed by atoms with Crippen LogP contribution in [0.3, 0.4) is 0 Å². The lowest BCUT2D eigenvalue weighted by molar-refractivity contribution is 0.102. The van der Waals surface area contributed by atoms with Crippen LogP contribution in [0.15, 0.2) is 39.4 Å². The fourth-order valence-corrected chi connectivity index (χ4v) is 2.73. The van der Waals surface area contributed by atoms with Gasteiger partial charge in [-0.1, -0.05) is 6.07 Å². The van der Waals surface area contributed by atoms with E-state index < -0.39 is 0 Å². The third kappa shape index (κ3) is 3.42. The van der Waals surface area contributed by atoms with E-state index in [4.69, 9.17) is 0 Å². The van der Waals surface area contributed by atoms with Gasteiger partial charge in [-0.2, -0.15) is 0 Å². The number of aromatic nitrogens is 1. The highest BCUT2D eigenvalue weighted by atomic mass is 79.9. The molecule has 0 fully saturated rings. The van der Waals surface area contributed by atoms with Gasteiger partial charge in [-0.3, -0.25) is 4.79 Å². The van der Waals surface area contributed by atoms with Crippen molar-refractivity contribution in [2.24, 2.45) is 0 Å². The van der Waals surface area contributed by atoms with E-state index in [-0.39, 0.29) is 5.91 Å². The van der Waals surface area contributed by atoms with Crippen LogP contribution in [0.5, 0.6) is 0 Å². The molecular weight excluding hydrogens is 372 g/mol. The molecule has 2 aromatic rings. The SMILES string of the molecule is Cc1ccc(C(=O)Nc2ccc(Br)nc2C)c(Br)c1. The van der Waals surface area contributed by atoms with Crippen molar-refractivity contribution in [1.29, 1.82) is 0 Å². The molecule has 0 bridgehead atoms. The first-order valence-corrected chi connectivity index (χ1v) is 7.26. The van der Waals surface area contributed by atoms with Crippen molar-refractivity contribution >= 4 is 43.5 Å². The smallest absolute Gasteiger partial charge is 0.256 e. The van der Waals surface area contributed by atoms with Crippen LogP contribution in [0.1, 0.15) is 21.6 Å². The summed E-state index contributed by atoms with van der Waals surface area (Å²) < 4.78 is 1.53. The lowest BCUT2D eigenvalue weighted by Crippen LogP contribution is -2.14. The van der Waals surface area contributed by atoms with Gasteiger partial charge < -0.3 is 5.32 Å². The molecule has 0 saturated heterocycles. The molecule has 1 N–H and O–H groups in total. The number of pyridine rings is 1. The van der Waals surface area contributed by atoms with E-state index in [1.807, 2.05) is 32.0 Å². The Morgan fingerprint density at radius 3 is 2.53 bits per heavy atom. The standard InChI is InChI=1S/C14H12Br2N2O/c1-8-3-4-10(11(15)7-8)14(19)18-12-5-6-13(16)17-9(12)2/h3-7H,1-2H3,(H,18,19). The Hall–Kier alpha value is -1.20. The minimum atomic E-state index is -0.154. The summed E-state index contributed by atoms with van der Waals surface area (Å²) in [7, 11) is 0. The van der Waals surface area contributed by atoms with Gasteiger partial charge in [0.25, 0.3) is 5.91 Å². The van der Waals surface area contributed by atoms with E-state index >= 15 is 0 Å². The zero-order valence-electron chi connectivity index (χ0n) is 10.5. The van der Waals surface area contributed by atoms with Crippen molar-refractivity contribution in [2.45, 2.75) is 13.8 Å². The molecule has 1 heterocycles. The van der Waals surface area contributed by atoms with Crippen molar-refractivity contribution < 1.29 is 4.79 Å². The number of hydrogen-bond acceptors (Lipinski definition) is 2. The maximum atomic E-state index is 12.2. The number of rotatable bonds is 2. The molecule has 0 aliphatic rings.